The molecule has 4 heteroatoms. The first-order valence-corrected chi connectivity index (χ1v) is 5.43. The number of aldehydes is 1. The fourth-order valence-electron chi connectivity index (χ4n) is 1.29. The van der Waals surface area contributed by atoms with Gasteiger partial charge < -0.3 is 5.11 Å². The van der Waals surface area contributed by atoms with Crippen molar-refractivity contribution in [1.29, 1.82) is 0 Å². The number of phenolic OH excluding ortho intramolecular Hbond substituents is 1. The van der Waals surface area contributed by atoms with Gasteiger partial charge >= 0.3 is 0 Å². The van der Waals surface area contributed by atoms with Crippen LogP contribution in [-0.2, 0) is 0 Å². The second-order valence-corrected chi connectivity index (χ2v) is 4.57. The van der Waals surface area contributed by atoms with Crippen molar-refractivity contribution in [1.82, 2.24) is 0 Å². The Kier molecular flexibility index (Phi) is 2.75. The zero-order valence-electron chi connectivity index (χ0n) is 7.61. The van der Waals surface area contributed by atoms with Gasteiger partial charge in [0.15, 0.2) is 6.29 Å². The Labute approximate surface area is 95.8 Å². The van der Waals surface area contributed by atoms with E-state index in [2.05, 4.69) is 0 Å². The van der Waals surface area contributed by atoms with Crippen LogP contribution in [0.25, 0.3) is 10.4 Å². The van der Waals surface area contributed by atoms with Crippen LogP contribution < -0.4 is 0 Å². The maximum atomic E-state index is 10.5. The topological polar surface area (TPSA) is 37.3 Å². The average Bonchev–Trinajstić information content (AvgIpc) is 2.64. The number of carbonyl (C=O) groups excluding carboxylic acids is 1. The molecule has 0 saturated heterocycles. The summed E-state index contributed by atoms with van der Waals surface area (Å²) in [7, 11) is 0. The predicted octanol–water partition coefficient (Wildman–Crippen LogP) is 3.59. The molecule has 0 saturated carbocycles. The minimum absolute atomic E-state index is 0.124. The predicted molar refractivity (Wildman–Crippen MR) is 61.8 cm³/mol. The largest absolute Gasteiger partial charge is 0.508 e. The van der Waals surface area contributed by atoms with E-state index in [0.717, 1.165) is 16.7 Å². The molecular weight excluding hydrogens is 232 g/mol. The minimum atomic E-state index is 0.124. The third-order valence-corrected chi connectivity index (χ3v) is 3.19. The molecule has 2 aromatic rings. The number of thiophene rings is 1. The highest BCUT2D eigenvalue weighted by Crippen LogP contribution is 2.32. The van der Waals surface area contributed by atoms with E-state index in [1.807, 2.05) is 6.07 Å². The molecule has 1 N–H and O–H groups in total. The van der Waals surface area contributed by atoms with Crippen LogP contribution in [0.5, 0.6) is 5.75 Å². The Morgan fingerprint density at radius 3 is 2.67 bits per heavy atom. The number of hydrogen-bond acceptors (Lipinski definition) is 3. The van der Waals surface area contributed by atoms with Crippen molar-refractivity contribution in [3.05, 3.63) is 40.2 Å². The zero-order chi connectivity index (χ0) is 10.8. The molecule has 1 aromatic heterocycles. The van der Waals surface area contributed by atoms with Crippen LogP contribution in [-0.4, -0.2) is 11.4 Å². The van der Waals surface area contributed by atoms with Crippen molar-refractivity contribution in [2.75, 3.05) is 0 Å². The van der Waals surface area contributed by atoms with E-state index < -0.39 is 0 Å². The summed E-state index contributed by atoms with van der Waals surface area (Å²) in [6.45, 7) is 0. The van der Waals surface area contributed by atoms with Crippen LogP contribution in [0.2, 0.25) is 5.02 Å². The molecule has 2 nitrogen and oxygen atoms in total. The fraction of sp³-hybridized carbons (Fsp3) is 0. The molecule has 0 aliphatic carbocycles. The molecule has 0 unspecified atom stereocenters. The van der Waals surface area contributed by atoms with Crippen molar-refractivity contribution in [2.45, 2.75) is 0 Å². The Morgan fingerprint density at radius 2 is 2.07 bits per heavy atom. The third kappa shape index (κ3) is 2.19. The summed E-state index contributed by atoms with van der Waals surface area (Å²) in [5.41, 5.74) is 0.818. The molecule has 0 fully saturated rings. The molecule has 0 spiro atoms. The molecule has 0 bridgehead atoms. The van der Waals surface area contributed by atoms with Gasteiger partial charge in [0.2, 0.25) is 0 Å². The second-order valence-electron chi connectivity index (χ2n) is 3.02. The molecule has 0 radical (unpaired) electrons. The molecular formula is C11H7ClO2S. The summed E-state index contributed by atoms with van der Waals surface area (Å²) in [4.78, 5) is 12.1. The van der Waals surface area contributed by atoms with E-state index in [1.54, 1.807) is 18.2 Å². The Morgan fingerprint density at radius 1 is 1.27 bits per heavy atom. The van der Waals surface area contributed by atoms with Gasteiger partial charge in [-0.25, -0.2) is 0 Å². The highest BCUT2D eigenvalue weighted by molar-refractivity contribution is 7.17. The zero-order valence-corrected chi connectivity index (χ0v) is 9.18. The Hall–Kier alpha value is -1.32. The highest BCUT2D eigenvalue weighted by Gasteiger charge is 2.04. The molecule has 1 aromatic carbocycles. The lowest BCUT2D eigenvalue weighted by atomic mass is 10.2. The van der Waals surface area contributed by atoms with Crippen LogP contribution in [0.3, 0.4) is 0 Å². The smallest absolute Gasteiger partial charge is 0.160 e. The van der Waals surface area contributed by atoms with Crippen LogP contribution in [0.4, 0.5) is 0 Å². The first-order chi connectivity index (χ1) is 7.19. The summed E-state index contributed by atoms with van der Waals surface area (Å²) in [5, 5.41) is 9.85. The number of hydrogen-bond donors (Lipinski definition) is 1. The summed E-state index contributed by atoms with van der Waals surface area (Å²) in [5.74, 6) is 0.124. The third-order valence-electron chi connectivity index (χ3n) is 1.91. The van der Waals surface area contributed by atoms with Gasteiger partial charge in [-0.05, 0) is 35.9 Å². The van der Waals surface area contributed by atoms with Crippen molar-refractivity contribution in [3.63, 3.8) is 0 Å². The van der Waals surface area contributed by atoms with Crippen LogP contribution in [0.15, 0.2) is 30.3 Å². The van der Waals surface area contributed by atoms with Crippen LogP contribution in [0, 0.1) is 0 Å². The van der Waals surface area contributed by atoms with Crippen molar-refractivity contribution < 1.29 is 9.90 Å². The highest BCUT2D eigenvalue weighted by atomic mass is 35.5. The van der Waals surface area contributed by atoms with Gasteiger partial charge in [0.1, 0.15) is 5.75 Å². The number of benzene rings is 1. The first kappa shape index (κ1) is 10.2. The number of halogens is 1. The molecule has 15 heavy (non-hydrogen) atoms. The Balaban J connectivity index is 2.48. The minimum Gasteiger partial charge on any atom is -0.508 e. The molecule has 76 valence electrons. The average molecular weight is 239 g/mol. The van der Waals surface area contributed by atoms with Gasteiger partial charge in [0.05, 0.1) is 4.88 Å². The van der Waals surface area contributed by atoms with Crippen molar-refractivity contribution in [3.8, 4) is 16.2 Å². The summed E-state index contributed by atoms with van der Waals surface area (Å²) in [6.07, 6.45) is 0.804. The van der Waals surface area contributed by atoms with Crippen molar-refractivity contribution >= 4 is 29.2 Å². The molecule has 0 amide bonds. The maximum Gasteiger partial charge on any atom is 0.160 e. The number of aromatic hydroxyl groups is 1. The van der Waals surface area contributed by atoms with E-state index >= 15 is 0 Å². The van der Waals surface area contributed by atoms with Crippen LogP contribution >= 0.6 is 22.9 Å². The lowest BCUT2D eigenvalue weighted by molar-refractivity contribution is 0.112. The van der Waals surface area contributed by atoms with Gasteiger partial charge in [-0.3, -0.25) is 4.79 Å². The van der Waals surface area contributed by atoms with E-state index in [4.69, 9.17) is 11.6 Å². The number of carbonyl (C=O) groups is 1. The summed E-state index contributed by atoms with van der Waals surface area (Å²) >= 11 is 7.18. The van der Waals surface area contributed by atoms with Gasteiger partial charge in [-0.2, -0.15) is 0 Å². The number of rotatable bonds is 2. The quantitative estimate of drug-likeness (QED) is 0.812. The lowest BCUT2D eigenvalue weighted by Gasteiger charge is -1.99. The second kappa shape index (κ2) is 4.04. The lowest BCUT2D eigenvalue weighted by Crippen LogP contribution is -1.73. The molecule has 1 heterocycles. The first-order valence-electron chi connectivity index (χ1n) is 4.24. The molecule has 0 aliphatic heterocycles. The van der Waals surface area contributed by atoms with Gasteiger partial charge in [-0.15, -0.1) is 11.3 Å². The monoisotopic (exact) mass is 238 g/mol. The maximum absolute atomic E-state index is 10.5. The van der Waals surface area contributed by atoms with E-state index in [9.17, 15) is 9.90 Å². The normalized spacial score (nSPS) is 10.2. The molecule has 2 rings (SSSR count). The van der Waals surface area contributed by atoms with Crippen LogP contribution in [0.1, 0.15) is 9.67 Å². The molecule has 0 aliphatic rings. The van der Waals surface area contributed by atoms with E-state index in [0.29, 0.717) is 9.90 Å². The van der Waals surface area contributed by atoms with Gasteiger partial charge in [0.25, 0.3) is 0 Å². The summed E-state index contributed by atoms with van der Waals surface area (Å²) in [6, 6.07) is 8.41. The van der Waals surface area contributed by atoms with E-state index in [1.165, 1.54) is 17.4 Å². The summed E-state index contributed by atoms with van der Waals surface area (Å²) < 4.78 is 0. The molecule has 0 atom stereocenters. The SMILES string of the molecule is O=Cc1ccc(-c2cc(O)cc(Cl)c2)s1. The Bertz CT molecular complexity index is 485. The number of phenols is 1. The van der Waals surface area contributed by atoms with Crippen molar-refractivity contribution in [2.24, 2.45) is 0 Å². The van der Waals surface area contributed by atoms with E-state index in [-0.39, 0.29) is 5.75 Å². The van der Waals surface area contributed by atoms with Gasteiger partial charge in [0, 0.05) is 9.90 Å². The fourth-order valence-corrected chi connectivity index (χ4v) is 2.33. The van der Waals surface area contributed by atoms with Gasteiger partial charge in [-0.1, -0.05) is 11.6 Å². The standard InChI is InChI=1S/C11H7ClO2S/c12-8-3-7(4-9(14)5-8)11-2-1-10(6-13)15-11/h1-6,14H.